The monoisotopic (exact) mass is 594 g/mol. The number of amides is 2. The molecule has 2 unspecified atom stereocenters. The summed E-state index contributed by atoms with van der Waals surface area (Å²) in [7, 11) is -4.38. The standard InChI is InChI=1S/C27H32F2N4O7S/c1-3-4-10-20(31-26(37)17-8-6-5-7-9-17)23(34)24(35)22(13-16-11-18(28)14-19(29)12-16)33(41(2,38)39)27-32-21(15-40-27)25(30)36/h5-9,11-12,14-15,20,22-24,34-35H,3-4,10,13H2,1-2H3,(H2,30,36)(H,31,37)/t20?,22-,23?,24+/m0/s1. The molecule has 11 nitrogen and oxygen atoms in total. The SMILES string of the molecule is CCCCC(NC(=O)c1ccccc1)C(O)[C@H](O)[C@H](Cc1cc(F)cc(F)c1)N(c1nc(C(N)=O)co1)S(C)(=O)=O. The summed E-state index contributed by atoms with van der Waals surface area (Å²) >= 11 is 0. The van der Waals surface area contributed by atoms with E-state index in [2.05, 4.69) is 10.3 Å². The van der Waals surface area contributed by atoms with Crippen LogP contribution >= 0.6 is 0 Å². The number of aliphatic hydroxyl groups excluding tert-OH is 2. The van der Waals surface area contributed by atoms with Gasteiger partial charge in [0.25, 0.3) is 11.8 Å². The number of oxazole rings is 1. The molecule has 0 bridgehead atoms. The predicted octanol–water partition coefficient (Wildman–Crippen LogP) is 2.14. The van der Waals surface area contributed by atoms with Crippen LogP contribution in [0.4, 0.5) is 14.8 Å². The summed E-state index contributed by atoms with van der Waals surface area (Å²) in [5.74, 6) is -3.48. The van der Waals surface area contributed by atoms with Crippen molar-refractivity contribution in [3.63, 3.8) is 0 Å². The first-order valence-corrected chi connectivity index (χ1v) is 14.6. The van der Waals surface area contributed by atoms with E-state index in [1.807, 2.05) is 6.92 Å². The van der Waals surface area contributed by atoms with Crippen LogP contribution in [0.5, 0.6) is 0 Å². The van der Waals surface area contributed by atoms with Crippen LogP contribution in [-0.4, -0.2) is 66.0 Å². The van der Waals surface area contributed by atoms with Crippen LogP contribution in [0, 0.1) is 11.6 Å². The number of nitrogens with two attached hydrogens (primary N) is 1. The Kier molecular flexibility index (Phi) is 10.5. The van der Waals surface area contributed by atoms with Crippen molar-refractivity contribution in [3.05, 3.63) is 83.2 Å². The maximum absolute atomic E-state index is 14.0. The number of benzene rings is 2. The summed E-state index contributed by atoms with van der Waals surface area (Å²) in [6.07, 6.45) is -1.29. The molecule has 1 heterocycles. The molecular weight excluding hydrogens is 562 g/mol. The number of nitrogens with one attached hydrogen (secondary N) is 1. The molecular formula is C27H32F2N4O7S. The number of hydrogen-bond acceptors (Lipinski definition) is 8. The molecule has 4 atom stereocenters. The van der Waals surface area contributed by atoms with Gasteiger partial charge in [-0.3, -0.25) is 9.59 Å². The molecule has 0 aliphatic carbocycles. The number of rotatable bonds is 14. The van der Waals surface area contributed by atoms with Gasteiger partial charge in [-0.15, -0.1) is 0 Å². The van der Waals surface area contributed by atoms with E-state index in [0.717, 1.165) is 24.7 Å². The Balaban J connectivity index is 2.06. The molecule has 2 aromatic carbocycles. The number of aliphatic hydroxyl groups is 2. The maximum atomic E-state index is 14.0. The number of nitrogens with zero attached hydrogens (tertiary/aromatic N) is 2. The van der Waals surface area contributed by atoms with Crippen LogP contribution in [0.1, 0.15) is 52.6 Å². The van der Waals surface area contributed by atoms with E-state index in [9.17, 15) is 37.0 Å². The van der Waals surface area contributed by atoms with Crippen LogP contribution in [-0.2, 0) is 16.4 Å². The molecule has 2 amide bonds. The highest BCUT2D eigenvalue weighted by Crippen LogP contribution is 2.27. The van der Waals surface area contributed by atoms with Gasteiger partial charge in [0.05, 0.1) is 18.3 Å². The fraction of sp³-hybridized carbons (Fsp3) is 0.370. The van der Waals surface area contributed by atoms with Crippen LogP contribution in [0.2, 0.25) is 0 Å². The second-order valence-corrected chi connectivity index (χ2v) is 11.4. The number of unbranched alkanes of at least 4 members (excludes halogenated alkanes) is 1. The largest absolute Gasteiger partial charge is 0.430 e. The minimum atomic E-state index is -4.38. The topological polar surface area (TPSA) is 176 Å². The summed E-state index contributed by atoms with van der Waals surface area (Å²) < 4.78 is 59.8. The minimum Gasteiger partial charge on any atom is -0.430 e. The van der Waals surface area contributed by atoms with Gasteiger partial charge < -0.3 is 25.7 Å². The molecule has 14 heteroatoms. The van der Waals surface area contributed by atoms with Gasteiger partial charge in [0.2, 0.25) is 10.0 Å². The zero-order valence-electron chi connectivity index (χ0n) is 22.4. The van der Waals surface area contributed by atoms with Crippen molar-refractivity contribution in [2.45, 2.75) is 56.9 Å². The molecule has 0 radical (unpaired) electrons. The number of halogens is 2. The quantitative estimate of drug-likeness (QED) is 0.219. The molecule has 222 valence electrons. The van der Waals surface area contributed by atoms with Gasteiger partial charge in [0.15, 0.2) is 5.69 Å². The van der Waals surface area contributed by atoms with Gasteiger partial charge >= 0.3 is 6.01 Å². The van der Waals surface area contributed by atoms with Gasteiger partial charge in [0.1, 0.15) is 30.1 Å². The highest BCUT2D eigenvalue weighted by Gasteiger charge is 2.41. The lowest BCUT2D eigenvalue weighted by Gasteiger charge is -2.37. The number of anilines is 1. The summed E-state index contributed by atoms with van der Waals surface area (Å²) in [6.45, 7) is 1.88. The molecule has 0 aliphatic heterocycles. The van der Waals surface area contributed by atoms with E-state index < -0.39 is 75.9 Å². The Bertz CT molecular complexity index is 1430. The third-order valence-electron chi connectivity index (χ3n) is 6.34. The van der Waals surface area contributed by atoms with Crippen molar-refractivity contribution >= 4 is 27.9 Å². The van der Waals surface area contributed by atoms with E-state index in [1.54, 1.807) is 30.3 Å². The number of sulfonamides is 1. The maximum Gasteiger partial charge on any atom is 0.312 e. The highest BCUT2D eigenvalue weighted by atomic mass is 32.2. The van der Waals surface area contributed by atoms with E-state index in [4.69, 9.17) is 10.2 Å². The van der Waals surface area contributed by atoms with Gasteiger partial charge in [0, 0.05) is 11.6 Å². The molecule has 0 fully saturated rings. The number of primary amides is 1. The van der Waals surface area contributed by atoms with Crippen molar-refractivity contribution in [2.24, 2.45) is 5.73 Å². The molecule has 5 N–H and O–H groups in total. The van der Waals surface area contributed by atoms with Crippen LogP contribution < -0.4 is 15.4 Å². The second kappa shape index (κ2) is 13.7. The van der Waals surface area contributed by atoms with Gasteiger partial charge in [-0.2, -0.15) is 4.98 Å². The second-order valence-electron chi connectivity index (χ2n) is 9.56. The summed E-state index contributed by atoms with van der Waals surface area (Å²) in [5, 5.41) is 25.5. The summed E-state index contributed by atoms with van der Waals surface area (Å²) in [5.41, 5.74) is 5.02. The average molecular weight is 595 g/mol. The molecule has 0 aliphatic rings. The summed E-state index contributed by atoms with van der Waals surface area (Å²) in [4.78, 5) is 28.3. The Hall–Kier alpha value is -3.88. The lowest BCUT2D eigenvalue weighted by atomic mass is 9.91. The molecule has 3 aromatic rings. The lowest BCUT2D eigenvalue weighted by molar-refractivity contribution is -0.0176. The van der Waals surface area contributed by atoms with E-state index >= 15 is 0 Å². The van der Waals surface area contributed by atoms with Crippen molar-refractivity contribution in [1.82, 2.24) is 10.3 Å². The molecule has 0 saturated carbocycles. The zero-order valence-corrected chi connectivity index (χ0v) is 23.2. The molecule has 3 rings (SSSR count). The zero-order chi connectivity index (χ0) is 30.3. The highest BCUT2D eigenvalue weighted by molar-refractivity contribution is 7.92. The van der Waals surface area contributed by atoms with E-state index in [-0.39, 0.29) is 12.0 Å². The Morgan fingerprint density at radius 3 is 2.27 bits per heavy atom. The number of hydrogen-bond donors (Lipinski definition) is 4. The number of carbonyl (C=O) groups excluding carboxylic acids is 2. The van der Waals surface area contributed by atoms with Gasteiger partial charge in [-0.25, -0.2) is 21.5 Å². The Labute approximate surface area is 236 Å². The third-order valence-corrected chi connectivity index (χ3v) is 7.48. The van der Waals surface area contributed by atoms with Crippen molar-refractivity contribution in [3.8, 4) is 0 Å². The Morgan fingerprint density at radius 2 is 1.73 bits per heavy atom. The molecule has 1 aromatic heterocycles. The number of carbonyl (C=O) groups is 2. The molecule has 0 spiro atoms. The van der Waals surface area contributed by atoms with Crippen LogP contribution in [0.25, 0.3) is 0 Å². The van der Waals surface area contributed by atoms with Gasteiger partial charge in [-0.1, -0.05) is 38.0 Å². The van der Waals surface area contributed by atoms with E-state index in [1.165, 1.54) is 0 Å². The normalized spacial score (nSPS) is 14.6. The van der Waals surface area contributed by atoms with Gasteiger partial charge in [-0.05, 0) is 42.7 Å². The lowest BCUT2D eigenvalue weighted by Crippen LogP contribution is -2.58. The van der Waals surface area contributed by atoms with Crippen molar-refractivity contribution in [2.75, 3.05) is 10.6 Å². The first kappa shape index (κ1) is 31.6. The fourth-order valence-electron chi connectivity index (χ4n) is 4.38. The molecule has 41 heavy (non-hydrogen) atoms. The van der Waals surface area contributed by atoms with Crippen molar-refractivity contribution < 1.29 is 41.4 Å². The van der Waals surface area contributed by atoms with Crippen molar-refractivity contribution in [1.29, 1.82) is 0 Å². The predicted molar refractivity (Wildman–Crippen MR) is 145 cm³/mol. The first-order valence-electron chi connectivity index (χ1n) is 12.7. The third kappa shape index (κ3) is 8.31. The fourth-order valence-corrected chi connectivity index (χ4v) is 5.44. The minimum absolute atomic E-state index is 0.0625. The van der Waals surface area contributed by atoms with E-state index in [0.29, 0.717) is 28.8 Å². The average Bonchev–Trinajstić information content (AvgIpc) is 3.39. The van der Waals surface area contributed by atoms with Crippen LogP contribution in [0.15, 0.2) is 59.2 Å². The van der Waals surface area contributed by atoms with Crippen LogP contribution in [0.3, 0.4) is 0 Å². The number of aromatic nitrogens is 1. The molecule has 0 saturated heterocycles. The smallest absolute Gasteiger partial charge is 0.312 e. The first-order chi connectivity index (χ1) is 19.3. The summed E-state index contributed by atoms with van der Waals surface area (Å²) in [6, 6.07) is 7.22. The Morgan fingerprint density at radius 1 is 1.10 bits per heavy atom.